The fraction of sp³-hybridized carbons (Fsp3) is 0.526. The summed E-state index contributed by atoms with van der Waals surface area (Å²) in [4.78, 5) is 20.6. The summed E-state index contributed by atoms with van der Waals surface area (Å²) in [6.45, 7) is 1.89. The van der Waals surface area contributed by atoms with Crippen LogP contribution in [0.2, 0.25) is 0 Å². The zero-order valence-electron chi connectivity index (χ0n) is 15.3. The summed E-state index contributed by atoms with van der Waals surface area (Å²) in [5.74, 6) is -1.35. The fourth-order valence-electron chi connectivity index (χ4n) is 4.31. The van der Waals surface area contributed by atoms with Gasteiger partial charge in [0.05, 0.1) is 6.54 Å². The fourth-order valence-corrected chi connectivity index (χ4v) is 4.31. The zero-order valence-corrected chi connectivity index (χ0v) is 15.3. The predicted molar refractivity (Wildman–Crippen MR) is 92.8 cm³/mol. The summed E-state index contributed by atoms with van der Waals surface area (Å²) in [5, 5.41) is 3.02. The van der Waals surface area contributed by atoms with Gasteiger partial charge in [0.2, 0.25) is 11.8 Å². The molecule has 0 aliphatic carbocycles. The van der Waals surface area contributed by atoms with Crippen LogP contribution in [0.1, 0.15) is 43.0 Å². The van der Waals surface area contributed by atoms with Crippen LogP contribution in [0.5, 0.6) is 0 Å². The van der Waals surface area contributed by atoms with Gasteiger partial charge in [0, 0.05) is 13.1 Å². The molecular weight excluding hydrogens is 373 g/mol. The topological polar surface area (TPSA) is 62.5 Å². The van der Waals surface area contributed by atoms with Gasteiger partial charge in [0.25, 0.3) is 5.82 Å². The van der Waals surface area contributed by atoms with Crippen LogP contribution in [-0.4, -0.2) is 44.5 Å². The molecule has 4 rings (SSSR count). The number of alkyl halides is 3. The number of likely N-dealkylation sites (tertiary alicyclic amines) is 2. The largest absolute Gasteiger partial charge is 0.455 e. The lowest BCUT2D eigenvalue weighted by Crippen LogP contribution is -2.59. The summed E-state index contributed by atoms with van der Waals surface area (Å²) >= 11 is 0. The number of rotatable bonds is 4. The van der Waals surface area contributed by atoms with Crippen molar-refractivity contribution in [3.8, 4) is 0 Å². The van der Waals surface area contributed by atoms with Gasteiger partial charge in [-0.2, -0.15) is 18.2 Å². The van der Waals surface area contributed by atoms with Gasteiger partial charge >= 0.3 is 6.18 Å². The third-order valence-electron chi connectivity index (χ3n) is 5.59. The van der Waals surface area contributed by atoms with E-state index in [1.54, 1.807) is 0 Å². The van der Waals surface area contributed by atoms with E-state index in [1.807, 2.05) is 40.1 Å². The summed E-state index contributed by atoms with van der Waals surface area (Å²) in [6.07, 6.45) is -1.59. The van der Waals surface area contributed by atoms with E-state index in [0.717, 1.165) is 18.4 Å². The number of benzene rings is 1. The van der Waals surface area contributed by atoms with Crippen LogP contribution in [0.3, 0.4) is 0 Å². The molecule has 28 heavy (non-hydrogen) atoms. The van der Waals surface area contributed by atoms with Crippen LogP contribution in [-0.2, 0) is 24.1 Å². The molecule has 3 heterocycles. The van der Waals surface area contributed by atoms with E-state index in [-0.39, 0.29) is 18.3 Å². The zero-order chi connectivity index (χ0) is 19.8. The Balaban J connectivity index is 1.52. The molecule has 2 aliphatic heterocycles. The standard InChI is InChI=1S/C19H21F3N4O2/c20-19(21,22)16-23-15(28-24-16)13-26-11-5-9-18(26)8-4-10-25(17(18)27)12-14-6-2-1-3-7-14/h1-3,6-7H,4-5,8-13H2. The summed E-state index contributed by atoms with van der Waals surface area (Å²) < 4.78 is 43.0. The van der Waals surface area contributed by atoms with Gasteiger partial charge in [0.1, 0.15) is 5.54 Å². The van der Waals surface area contributed by atoms with Crippen molar-refractivity contribution in [1.29, 1.82) is 0 Å². The van der Waals surface area contributed by atoms with Gasteiger partial charge in [-0.1, -0.05) is 35.5 Å². The molecule has 1 spiro atoms. The van der Waals surface area contributed by atoms with E-state index >= 15 is 0 Å². The van der Waals surface area contributed by atoms with Crippen LogP contribution in [0.25, 0.3) is 0 Å². The van der Waals surface area contributed by atoms with E-state index < -0.39 is 17.5 Å². The number of carbonyl (C=O) groups excluding carboxylic acids is 1. The van der Waals surface area contributed by atoms with E-state index in [0.29, 0.717) is 32.5 Å². The highest BCUT2D eigenvalue weighted by Crippen LogP contribution is 2.39. The number of aromatic nitrogens is 2. The number of hydrogen-bond donors (Lipinski definition) is 0. The Morgan fingerprint density at radius 1 is 1.07 bits per heavy atom. The molecule has 6 nitrogen and oxygen atoms in total. The van der Waals surface area contributed by atoms with Crippen molar-refractivity contribution in [1.82, 2.24) is 19.9 Å². The summed E-state index contributed by atoms with van der Waals surface area (Å²) in [5.41, 5.74) is 0.365. The molecule has 0 radical (unpaired) electrons. The maximum absolute atomic E-state index is 13.4. The van der Waals surface area contributed by atoms with Crippen molar-refractivity contribution in [3.63, 3.8) is 0 Å². The minimum absolute atomic E-state index is 0.0377. The van der Waals surface area contributed by atoms with Gasteiger partial charge in [-0.15, -0.1) is 0 Å². The van der Waals surface area contributed by atoms with Gasteiger partial charge in [-0.05, 0) is 37.8 Å². The van der Waals surface area contributed by atoms with Crippen LogP contribution in [0.15, 0.2) is 34.9 Å². The number of hydrogen-bond acceptors (Lipinski definition) is 5. The lowest BCUT2D eigenvalue weighted by Gasteiger charge is -2.44. The first-order valence-electron chi connectivity index (χ1n) is 9.37. The average molecular weight is 394 g/mol. The molecular formula is C19H21F3N4O2. The molecule has 0 saturated carbocycles. The molecule has 1 unspecified atom stereocenters. The molecule has 1 aromatic heterocycles. The lowest BCUT2D eigenvalue weighted by molar-refractivity contribution is -0.149. The highest BCUT2D eigenvalue weighted by molar-refractivity contribution is 5.87. The second-order valence-corrected chi connectivity index (χ2v) is 7.38. The molecule has 2 aromatic rings. The first kappa shape index (κ1) is 18.9. The van der Waals surface area contributed by atoms with Crippen LogP contribution in [0.4, 0.5) is 13.2 Å². The average Bonchev–Trinajstić information content (AvgIpc) is 3.29. The SMILES string of the molecule is O=C1N(Cc2ccccc2)CCCC12CCCN2Cc1nc(C(F)(F)F)no1. The number of nitrogens with zero attached hydrogens (tertiary/aromatic N) is 4. The normalized spacial score (nSPS) is 23.7. The Kier molecular flexibility index (Phi) is 4.86. The quantitative estimate of drug-likeness (QED) is 0.797. The Morgan fingerprint density at radius 2 is 1.79 bits per heavy atom. The maximum atomic E-state index is 13.4. The Bertz CT molecular complexity index is 839. The number of amides is 1. The van der Waals surface area contributed by atoms with E-state index in [2.05, 4.69) is 10.1 Å². The summed E-state index contributed by atoms with van der Waals surface area (Å²) in [7, 11) is 0. The minimum atomic E-state index is -4.64. The summed E-state index contributed by atoms with van der Waals surface area (Å²) in [6, 6.07) is 9.78. The molecule has 0 bridgehead atoms. The highest BCUT2D eigenvalue weighted by atomic mass is 19.4. The number of carbonyl (C=O) groups is 1. The monoisotopic (exact) mass is 394 g/mol. The molecule has 0 N–H and O–H groups in total. The Labute approximate surface area is 160 Å². The Morgan fingerprint density at radius 3 is 2.46 bits per heavy atom. The molecule has 150 valence electrons. The molecule has 1 atom stereocenters. The molecule has 2 fully saturated rings. The first-order chi connectivity index (χ1) is 13.4. The third kappa shape index (κ3) is 3.50. The highest BCUT2D eigenvalue weighted by Gasteiger charge is 2.51. The molecule has 9 heteroatoms. The van der Waals surface area contributed by atoms with Crippen LogP contribution < -0.4 is 0 Å². The molecule has 2 saturated heterocycles. The van der Waals surface area contributed by atoms with Crippen molar-refractivity contribution in [2.75, 3.05) is 13.1 Å². The first-order valence-corrected chi connectivity index (χ1v) is 9.37. The van der Waals surface area contributed by atoms with E-state index in [1.165, 1.54) is 0 Å². The third-order valence-corrected chi connectivity index (χ3v) is 5.59. The van der Waals surface area contributed by atoms with Gasteiger partial charge in [0.15, 0.2) is 0 Å². The maximum Gasteiger partial charge on any atom is 0.455 e. The second-order valence-electron chi connectivity index (χ2n) is 7.38. The van der Waals surface area contributed by atoms with E-state index in [4.69, 9.17) is 4.52 Å². The smallest absolute Gasteiger partial charge is 0.338 e. The minimum Gasteiger partial charge on any atom is -0.338 e. The van der Waals surface area contributed by atoms with Crippen molar-refractivity contribution < 1.29 is 22.5 Å². The predicted octanol–water partition coefficient (Wildman–Crippen LogP) is 3.25. The molecule has 2 aliphatic rings. The van der Waals surface area contributed by atoms with Crippen LogP contribution >= 0.6 is 0 Å². The van der Waals surface area contributed by atoms with Crippen LogP contribution in [0, 0.1) is 0 Å². The van der Waals surface area contributed by atoms with Crippen molar-refractivity contribution in [2.24, 2.45) is 0 Å². The second kappa shape index (κ2) is 7.20. The van der Waals surface area contributed by atoms with Crippen molar-refractivity contribution >= 4 is 5.91 Å². The molecule has 1 amide bonds. The van der Waals surface area contributed by atoms with Gasteiger partial charge in [-0.25, -0.2) is 0 Å². The van der Waals surface area contributed by atoms with Gasteiger partial charge < -0.3 is 9.42 Å². The van der Waals surface area contributed by atoms with Gasteiger partial charge in [-0.3, -0.25) is 9.69 Å². The van der Waals surface area contributed by atoms with Crippen molar-refractivity contribution in [3.05, 3.63) is 47.6 Å². The number of halogens is 3. The lowest BCUT2D eigenvalue weighted by atomic mass is 9.85. The van der Waals surface area contributed by atoms with E-state index in [9.17, 15) is 18.0 Å². The van der Waals surface area contributed by atoms with Crippen molar-refractivity contribution in [2.45, 2.75) is 50.5 Å². The number of piperidine rings is 1. The molecule has 1 aromatic carbocycles. The Hall–Kier alpha value is -2.42.